The number of para-hydroxylation sites is 1. The summed E-state index contributed by atoms with van der Waals surface area (Å²) in [5.74, 6) is 0. The van der Waals surface area contributed by atoms with Gasteiger partial charge in [0.15, 0.2) is 0 Å². The van der Waals surface area contributed by atoms with Gasteiger partial charge in [-0.05, 0) is 46.0 Å². The molecule has 6 aromatic rings. The molecule has 31 heavy (non-hydrogen) atoms. The zero-order valence-electron chi connectivity index (χ0n) is 17.3. The van der Waals surface area contributed by atoms with Crippen molar-refractivity contribution in [1.29, 1.82) is 0 Å². The summed E-state index contributed by atoms with van der Waals surface area (Å²) in [6.07, 6.45) is 2.06. The molecule has 0 bridgehead atoms. The lowest BCUT2D eigenvalue weighted by Gasteiger charge is -2.19. The third-order valence-electron chi connectivity index (χ3n) is 6.13. The zero-order valence-corrected chi connectivity index (χ0v) is 17.3. The quantitative estimate of drug-likeness (QED) is 0.213. The molecule has 0 radical (unpaired) electrons. The van der Waals surface area contributed by atoms with Crippen molar-refractivity contribution < 1.29 is 0 Å². The number of nitrogens with zero attached hydrogens (tertiary/aromatic N) is 1. The predicted octanol–water partition coefficient (Wildman–Crippen LogP) is 8.18. The Morgan fingerprint density at radius 3 is 1.94 bits per heavy atom. The maximum atomic E-state index is 4.86. The molecular weight excluding hydrogens is 374 g/mol. The van der Waals surface area contributed by atoms with E-state index in [2.05, 4.69) is 116 Å². The highest BCUT2D eigenvalue weighted by Crippen LogP contribution is 2.45. The molecule has 0 spiro atoms. The number of fused-ring (bicyclic) bond motifs is 4. The van der Waals surface area contributed by atoms with Gasteiger partial charge in [-0.2, -0.15) is 0 Å². The number of hydrogen-bond acceptors (Lipinski definition) is 1. The normalized spacial score (nSPS) is 11.4. The lowest BCUT2D eigenvalue weighted by Crippen LogP contribution is -1.93. The molecule has 0 amide bonds. The average molecular weight is 396 g/mol. The van der Waals surface area contributed by atoms with Crippen LogP contribution in [0.1, 0.15) is 5.56 Å². The Bertz CT molecular complexity index is 1580. The second-order valence-electron chi connectivity index (χ2n) is 8.10. The van der Waals surface area contributed by atoms with E-state index < -0.39 is 0 Å². The van der Waals surface area contributed by atoms with Crippen LogP contribution in [0.15, 0.2) is 109 Å². The summed E-state index contributed by atoms with van der Waals surface area (Å²) in [6.45, 7) is 2.15. The van der Waals surface area contributed by atoms with Gasteiger partial charge in [0.05, 0.1) is 5.52 Å². The fourth-order valence-corrected chi connectivity index (χ4v) is 4.82. The highest BCUT2D eigenvalue weighted by atomic mass is 14.6. The molecule has 1 nitrogen and oxygen atoms in total. The summed E-state index contributed by atoms with van der Waals surface area (Å²) < 4.78 is 0. The molecule has 0 atom stereocenters. The lowest BCUT2D eigenvalue weighted by atomic mass is 9.85. The van der Waals surface area contributed by atoms with Crippen LogP contribution in [0, 0.1) is 6.92 Å². The summed E-state index contributed by atoms with van der Waals surface area (Å²) >= 11 is 0. The van der Waals surface area contributed by atoms with Crippen LogP contribution in [-0.4, -0.2) is 4.98 Å². The van der Waals surface area contributed by atoms with Gasteiger partial charge in [0, 0.05) is 22.4 Å². The minimum atomic E-state index is 1.03. The molecular formula is C30H21N. The van der Waals surface area contributed by atoms with Crippen molar-refractivity contribution >= 4 is 32.4 Å². The minimum absolute atomic E-state index is 1.03. The van der Waals surface area contributed by atoms with E-state index in [9.17, 15) is 0 Å². The highest BCUT2D eigenvalue weighted by molar-refractivity contribution is 6.27. The molecule has 0 aliphatic carbocycles. The Morgan fingerprint density at radius 1 is 0.516 bits per heavy atom. The van der Waals surface area contributed by atoms with Gasteiger partial charge < -0.3 is 0 Å². The molecule has 5 aromatic carbocycles. The van der Waals surface area contributed by atoms with E-state index in [-0.39, 0.29) is 0 Å². The van der Waals surface area contributed by atoms with E-state index in [1.54, 1.807) is 0 Å². The van der Waals surface area contributed by atoms with E-state index in [1.165, 1.54) is 54.7 Å². The van der Waals surface area contributed by atoms with Crippen molar-refractivity contribution in [3.8, 4) is 22.3 Å². The van der Waals surface area contributed by atoms with E-state index in [0.717, 1.165) is 5.52 Å². The van der Waals surface area contributed by atoms with Crippen molar-refractivity contribution in [1.82, 2.24) is 4.98 Å². The van der Waals surface area contributed by atoms with Crippen molar-refractivity contribution in [3.63, 3.8) is 0 Å². The summed E-state index contributed by atoms with van der Waals surface area (Å²) in [5, 5.41) is 6.19. The van der Waals surface area contributed by atoms with Crippen LogP contribution in [0.4, 0.5) is 0 Å². The Balaban J connectivity index is 1.92. The zero-order chi connectivity index (χ0) is 20.8. The molecule has 0 aliphatic rings. The topological polar surface area (TPSA) is 12.9 Å². The van der Waals surface area contributed by atoms with Gasteiger partial charge in [0.2, 0.25) is 0 Å². The summed E-state index contributed by atoms with van der Waals surface area (Å²) in [4.78, 5) is 4.86. The Kier molecular flexibility index (Phi) is 4.07. The number of rotatable bonds is 2. The first-order valence-corrected chi connectivity index (χ1v) is 10.7. The van der Waals surface area contributed by atoms with Crippen LogP contribution in [-0.2, 0) is 0 Å². The molecule has 0 aliphatic heterocycles. The van der Waals surface area contributed by atoms with Gasteiger partial charge in [-0.15, -0.1) is 0 Å². The average Bonchev–Trinajstić information content (AvgIpc) is 2.83. The van der Waals surface area contributed by atoms with Crippen molar-refractivity contribution in [3.05, 3.63) is 115 Å². The second kappa shape index (κ2) is 7.07. The number of hydrogen-bond donors (Lipinski definition) is 0. The van der Waals surface area contributed by atoms with E-state index in [1.807, 2.05) is 0 Å². The van der Waals surface area contributed by atoms with Crippen LogP contribution < -0.4 is 0 Å². The number of aromatic nitrogens is 1. The first-order chi connectivity index (χ1) is 15.3. The lowest BCUT2D eigenvalue weighted by molar-refractivity contribution is 1.44. The molecule has 0 fully saturated rings. The third-order valence-corrected chi connectivity index (χ3v) is 6.13. The SMILES string of the molecule is Cc1cccc(-c2c3ccccc3c(-c3ccccc3)c3c2cnc2ccccc23)c1. The molecule has 0 saturated heterocycles. The van der Waals surface area contributed by atoms with Crippen LogP contribution in [0.2, 0.25) is 0 Å². The standard InChI is InChI=1S/C30H21N/c1-20-10-9-13-22(18-20)28-23-14-5-6-15-24(23)29(21-11-3-2-4-12-21)30-25-16-7-8-17-27(25)31-19-26(28)30/h2-19H,1H3. The first-order valence-electron chi connectivity index (χ1n) is 10.7. The van der Waals surface area contributed by atoms with E-state index >= 15 is 0 Å². The van der Waals surface area contributed by atoms with Gasteiger partial charge >= 0.3 is 0 Å². The maximum Gasteiger partial charge on any atom is 0.0708 e. The van der Waals surface area contributed by atoms with Gasteiger partial charge in [-0.3, -0.25) is 4.98 Å². The minimum Gasteiger partial charge on any atom is -0.256 e. The largest absolute Gasteiger partial charge is 0.256 e. The second-order valence-corrected chi connectivity index (χ2v) is 8.10. The monoisotopic (exact) mass is 395 g/mol. The molecule has 1 heteroatoms. The van der Waals surface area contributed by atoms with E-state index in [4.69, 9.17) is 4.98 Å². The fraction of sp³-hybridized carbons (Fsp3) is 0.0333. The fourth-order valence-electron chi connectivity index (χ4n) is 4.82. The summed E-state index contributed by atoms with van der Waals surface area (Å²) in [5.41, 5.74) is 7.29. The van der Waals surface area contributed by atoms with Gasteiger partial charge in [0.1, 0.15) is 0 Å². The Morgan fingerprint density at radius 2 is 1.16 bits per heavy atom. The maximum absolute atomic E-state index is 4.86. The molecule has 0 N–H and O–H groups in total. The van der Waals surface area contributed by atoms with Crippen LogP contribution >= 0.6 is 0 Å². The molecule has 0 unspecified atom stereocenters. The van der Waals surface area contributed by atoms with Gasteiger partial charge in [-0.25, -0.2) is 0 Å². The van der Waals surface area contributed by atoms with Gasteiger partial charge in [0.25, 0.3) is 0 Å². The first kappa shape index (κ1) is 17.9. The van der Waals surface area contributed by atoms with Crippen molar-refractivity contribution in [2.75, 3.05) is 0 Å². The summed E-state index contributed by atoms with van der Waals surface area (Å²) in [6, 6.07) is 36.8. The van der Waals surface area contributed by atoms with Crippen LogP contribution in [0.3, 0.4) is 0 Å². The Labute approximate surface area is 181 Å². The van der Waals surface area contributed by atoms with E-state index in [0.29, 0.717) is 0 Å². The van der Waals surface area contributed by atoms with Crippen molar-refractivity contribution in [2.24, 2.45) is 0 Å². The predicted molar refractivity (Wildman–Crippen MR) is 132 cm³/mol. The number of benzene rings is 5. The van der Waals surface area contributed by atoms with Crippen LogP contribution in [0.5, 0.6) is 0 Å². The van der Waals surface area contributed by atoms with Gasteiger partial charge in [-0.1, -0.05) is 103 Å². The third kappa shape index (κ3) is 2.82. The highest BCUT2D eigenvalue weighted by Gasteiger charge is 2.18. The molecule has 1 aromatic heterocycles. The van der Waals surface area contributed by atoms with Crippen LogP contribution in [0.25, 0.3) is 54.7 Å². The Hall–Kier alpha value is -3.97. The molecule has 6 rings (SSSR count). The van der Waals surface area contributed by atoms with Crippen molar-refractivity contribution in [2.45, 2.75) is 6.92 Å². The molecule has 1 heterocycles. The summed E-state index contributed by atoms with van der Waals surface area (Å²) in [7, 11) is 0. The molecule has 146 valence electrons. The smallest absolute Gasteiger partial charge is 0.0708 e. The number of pyridine rings is 1. The molecule has 0 saturated carbocycles. The number of aryl methyl sites for hydroxylation is 1.